The van der Waals surface area contributed by atoms with Crippen molar-refractivity contribution in [1.82, 2.24) is 4.90 Å². The minimum Gasteiger partial charge on any atom is -0.396 e. The lowest BCUT2D eigenvalue weighted by Gasteiger charge is -2.20. The number of nitrogens with zero attached hydrogens (tertiary/aromatic N) is 1. The van der Waals surface area contributed by atoms with E-state index in [9.17, 15) is 0 Å². The fourth-order valence-electron chi connectivity index (χ4n) is 1.62. The number of aliphatic hydroxyl groups excluding tert-OH is 1. The van der Waals surface area contributed by atoms with Crippen molar-refractivity contribution in [2.75, 3.05) is 20.2 Å². The van der Waals surface area contributed by atoms with Gasteiger partial charge in [-0.25, -0.2) is 0 Å². The maximum Gasteiger partial charge on any atom is 0.0446 e. The predicted octanol–water partition coefficient (Wildman–Crippen LogP) is 0.828. The minimum absolute atomic E-state index is 0.0590. The third kappa shape index (κ3) is 4.93. The van der Waals surface area contributed by atoms with E-state index in [4.69, 9.17) is 10.8 Å². The first kappa shape index (κ1) is 12.2. The van der Waals surface area contributed by atoms with Crippen molar-refractivity contribution in [3.8, 4) is 0 Å². The lowest BCUT2D eigenvalue weighted by Crippen LogP contribution is -2.35. The van der Waals surface area contributed by atoms with Crippen molar-refractivity contribution in [2.24, 2.45) is 5.73 Å². The van der Waals surface area contributed by atoms with Crippen LogP contribution in [-0.2, 0) is 6.54 Å². The summed E-state index contributed by atoms with van der Waals surface area (Å²) in [4.78, 5) is 2.18. The molecule has 3 heteroatoms. The molecule has 1 aromatic carbocycles. The molecule has 0 radical (unpaired) electrons. The lowest BCUT2D eigenvalue weighted by molar-refractivity contribution is 0.244. The topological polar surface area (TPSA) is 49.5 Å². The number of likely N-dealkylation sites (N-methyl/N-ethyl adjacent to an activating group) is 1. The Morgan fingerprint density at radius 2 is 2.00 bits per heavy atom. The Morgan fingerprint density at radius 3 is 2.60 bits per heavy atom. The van der Waals surface area contributed by atoms with E-state index in [2.05, 4.69) is 17.0 Å². The summed E-state index contributed by atoms with van der Waals surface area (Å²) in [6, 6.07) is 10.4. The van der Waals surface area contributed by atoms with Crippen LogP contribution < -0.4 is 5.73 Å². The molecule has 0 aromatic heterocycles. The second-order valence-corrected chi connectivity index (χ2v) is 3.95. The van der Waals surface area contributed by atoms with Gasteiger partial charge < -0.3 is 15.7 Å². The average Bonchev–Trinajstić information content (AvgIpc) is 2.19. The summed E-state index contributed by atoms with van der Waals surface area (Å²) in [5.74, 6) is 0. The zero-order chi connectivity index (χ0) is 11.1. The number of benzene rings is 1. The second-order valence-electron chi connectivity index (χ2n) is 3.95. The van der Waals surface area contributed by atoms with Gasteiger partial charge >= 0.3 is 0 Å². The number of hydrogen-bond acceptors (Lipinski definition) is 3. The average molecular weight is 208 g/mol. The molecule has 3 nitrogen and oxygen atoms in total. The van der Waals surface area contributed by atoms with Crippen LogP contribution in [0.2, 0.25) is 0 Å². The molecule has 0 spiro atoms. The summed E-state index contributed by atoms with van der Waals surface area (Å²) in [6.45, 7) is 1.88. The molecule has 0 saturated carbocycles. The van der Waals surface area contributed by atoms with E-state index < -0.39 is 0 Å². The largest absolute Gasteiger partial charge is 0.396 e. The fraction of sp³-hybridized carbons (Fsp3) is 0.500. The Hall–Kier alpha value is -0.900. The van der Waals surface area contributed by atoms with E-state index in [1.807, 2.05) is 25.2 Å². The number of hydrogen-bond donors (Lipinski definition) is 2. The van der Waals surface area contributed by atoms with Crippen molar-refractivity contribution >= 4 is 0 Å². The van der Waals surface area contributed by atoms with Crippen molar-refractivity contribution in [3.05, 3.63) is 35.9 Å². The zero-order valence-electron chi connectivity index (χ0n) is 9.26. The Morgan fingerprint density at radius 1 is 1.33 bits per heavy atom. The van der Waals surface area contributed by atoms with Gasteiger partial charge in [-0.15, -0.1) is 0 Å². The van der Waals surface area contributed by atoms with Gasteiger partial charge in [0.15, 0.2) is 0 Å². The predicted molar refractivity (Wildman–Crippen MR) is 62.5 cm³/mol. The zero-order valence-corrected chi connectivity index (χ0v) is 9.26. The van der Waals surface area contributed by atoms with E-state index >= 15 is 0 Å². The summed E-state index contributed by atoms with van der Waals surface area (Å²) in [5, 5.41) is 8.74. The van der Waals surface area contributed by atoms with Crippen molar-refractivity contribution < 1.29 is 5.11 Å². The van der Waals surface area contributed by atoms with Crippen LogP contribution in [0.5, 0.6) is 0 Å². The Kier molecular flexibility index (Phi) is 5.32. The summed E-state index contributed by atoms with van der Waals surface area (Å²) in [5.41, 5.74) is 7.13. The van der Waals surface area contributed by atoms with E-state index in [-0.39, 0.29) is 12.6 Å². The van der Waals surface area contributed by atoms with Crippen LogP contribution >= 0.6 is 0 Å². The van der Waals surface area contributed by atoms with Crippen LogP contribution in [0.4, 0.5) is 0 Å². The molecule has 3 N–H and O–H groups in total. The molecule has 0 aliphatic rings. The molecule has 0 aliphatic carbocycles. The van der Waals surface area contributed by atoms with E-state index in [0.29, 0.717) is 6.42 Å². The third-order valence-electron chi connectivity index (χ3n) is 2.34. The van der Waals surface area contributed by atoms with Crippen LogP contribution in [0.3, 0.4) is 0 Å². The van der Waals surface area contributed by atoms with Gasteiger partial charge in [0.1, 0.15) is 0 Å². The highest BCUT2D eigenvalue weighted by molar-refractivity contribution is 5.14. The number of nitrogens with two attached hydrogens (primary N) is 1. The SMILES string of the molecule is CN(Cc1ccccc1)CC(N)CCO. The number of aliphatic hydroxyl groups is 1. The molecule has 1 aromatic rings. The lowest BCUT2D eigenvalue weighted by atomic mass is 10.2. The highest BCUT2D eigenvalue weighted by atomic mass is 16.3. The van der Waals surface area contributed by atoms with Crippen LogP contribution in [0.15, 0.2) is 30.3 Å². The smallest absolute Gasteiger partial charge is 0.0446 e. The van der Waals surface area contributed by atoms with Gasteiger partial charge in [-0.1, -0.05) is 30.3 Å². The molecular weight excluding hydrogens is 188 g/mol. The van der Waals surface area contributed by atoms with Crippen LogP contribution in [0.1, 0.15) is 12.0 Å². The van der Waals surface area contributed by atoms with Gasteiger partial charge in [-0.3, -0.25) is 0 Å². The van der Waals surface area contributed by atoms with Crippen LogP contribution in [0, 0.1) is 0 Å². The number of rotatable bonds is 6. The molecule has 0 bridgehead atoms. The Balaban J connectivity index is 2.33. The monoisotopic (exact) mass is 208 g/mol. The van der Waals surface area contributed by atoms with Gasteiger partial charge in [-0.2, -0.15) is 0 Å². The van der Waals surface area contributed by atoms with Crippen LogP contribution in [-0.4, -0.2) is 36.2 Å². The quantitative estimate of drug-likeness (QED) is 0.728. The first-order chi connectivity index (χ1) is 7.22. The highest BCUT2D eigenvalue weighted by Gasteiger charge is 2.06. The normalized spacial score (nSPS) is 13.1. The summed E-state index contributed by atoms with van der Waals surface area (Å²) >= 11 is 0. The van der Waals surface area contributed by atoms with Crippen LogP contribution in [0.25, 0.3) is 0 Å². The Bertz CT molecular complexity index is 264. The molecule has 0 fully saturated rings. The molecule has 84 valence electrons. The van der Waals surface area contributed by atoms with Gasteiger partial charge in [0.05, 0.1) is 0 Å². The van der Waals surface area contributed by atoms with Gasteiger partial charge in [-0.05, 0) is 19.0 Å². The molecular formula is C12H20N2O. The molecule has 1 atom stereocenters. The first-order valence-electron chi connectivity index (χ1n) is 5.31. The summed E-state index contributed by atoms with van der Waals surface area (Å²) in [7, 11) is 2.05. The maximum absolute atomic E-state index is 8.74. The van der Waals surface area contributed by atoms with Crippen molar-refractivity contribution in [2.45, 2.75) is 19.0 Å². The summed E-state index contributed by atoms with van der Waals surface area (Å²) in [6.07, 6.45) is 0.666. The molecule has 0 heterocycles. The van der Waals surface area contributed by atoms with Crippen molar-refractivity contribution in [3.63, 3.8) is 0 Å². The van der Waals surface area contributed by atoms with Gasteiger partial charge in [0.25, 0.3) is 0 Å². The molecule has 0 aliphatic heterocycles. The van der Waals surface area contributed by atoms with E-state index in [1.54, 1.807) is 0 Å². The fourth-order valence-corrected chi connectivity index (χ4v) is 1.62. The first-order valence-corrected chi connectivity index (χ1v) is 5.31. The standard InChI is InChI=1S/C12H20N2O/c1-14(10-12(13)7-8-15)9-11-5-3-2-4-6-11/h2-6,12,15H,7-10,13H2,1H3. The van der Waals surface area contributed by atoms with Gasteiger partial charge in [0, 0.05) is 25.7 Å². The third-order valence-corrected chi connectivity index (χ3v) is 2.34. The molecule has 15 heavy (non-hydrogen) atoms. The Labute approximate surface area is 91.5 Å². The summed E-state index contributed by atoms with van der Waals surface area (Å²) < 4.78 is 0. The minimum atomic E-state index is 0.0590. The van der Waals surface area contributed by atoms with E-state index in [1.165, 1.54) is 5.56 Å². The maximum atomic E-state index is 8.74. The van der Waals surface area contributed by atoms with E-state index in [0.717, 1.165) is 13.1 Å². The molecule has 0 amide bonds. The molecule has 1 rings (SSSR count). The molecule has 1 unspecified atom stereocenters. The van der Waals surface area contributed by atoms with Gasteiger partial charge in [0.2, 0.25) is 0 Å². The molecule has 0 saturated heterocycles. The second kappa shape index (κ2) is 6.56. The highest BCUT2D eigenvalue weighted by Crippen LogP contribution is 2.03. The van der Waals surface area contributed by atoms with Crippen molar-refractivity contribution in [1.29, 1.82) is 0 Å².